The minimum absolute atomic E-state index is 0.234. The third-order valence-electron chi connectivity index (χ3n) is 5.09. The largest absolute Gasteiger partial charge is 0.302 e. The third-order valence-corrected chi connectivity index (χ3v) is 6.73. The lowest BCUT2D eigenvalue weighted by molar-refractivity contribution is -0.113. The molecule has 5 heteroatoms. The highest BCUT2D eigenvalue weighted by Crippen LogP contribution is 2.32. The summed E-state index contributed by atoms with van der Waals surface area (Å²) in [6, 6.07) is 8.33. The highest BCUT2D eigenvalue weighted by Gasteiger charge is 2.29. The van der Waals surface area contributed by atoms with Gasteiger partial charge >= 0.3 is 0 Å². The molecule has 0 bridgehead atoms. The van der Waals surface area contributed by atoms with E-state index in [9.17, 15) is 4.79 Å². The quantitative estimate of drug-likeness (QED) is 0.702. The molecule has 0 unspecified atom stereocenters. The van der Waals surface area contributed by atoms with Crippen LogP contribution in [0.25, 0.3) is 12.2 Å². The van der Waals surface area contributed by atoms with Crippen LogP contribution in [0, 0.1) is 0 Å². The first-order valence-corrected chi connectivity index (χ1v) is 11.0. The second kappa shape index (κ2) is 8.07. The molecule has 0 atom stereocenters. The van der Waals surface area contributed by atoms with Crippen LogP contribution in [-0.4, -0.2) is 55.9 Å². The van der Waals surface area contributed by atoms with Crippen LogP contribution in [0.4, 0.5) is 0 Å². The molecule has 0 spiro atoms. The van der Waals surface area contributed by atoms with Gasteiger partial charge in [-0.2, -0.15) is 0 Å². The molecule has 4 heterocycles. The van der Waals surface area contributed by atoms with Crippen molar-refractivity contribution in [3.05, 3.63) is 67.1 Å². The van der Waals surface area contributed by atoms with Crippen molar-refractivity contribution in [1.29, 1.82) is 0 Å². The fourth-order valence-electron chi connectivity index (χ4n) is 3.79. The standard InChI is InChI=1S/C22H24N2OS2/c1-23-8-7-20(16(13-23)11-18-5-3-9-26-18)21-15-24(2)14-17(22(21)25)12-19-6-4-10-27-19/h3-6,9-12H,7-8,13-15H2,1-2H3/b16-11+,17-12+,21-20+. The zero-order valence-electron chi connectivity index (χ0n) is 15.8. The molecule has 2 aliphatic heterocycles. The number of ketones is 1. The maximum absolute atomic E-state index is 13.3. The first kappa shape index (κ1) is 18.6. The van der Waals surface area contributed by atoms with Crippen LogP contribution in [-0.2, 0) is 4.79 Å². The van der Waals surface area contributed by atoms with Gasteiger partial charge in [-0.15, -0.1) is 22.7 Å². The van der Waals surface area contributed by atoms with Crippen LogP contribution in [0.1, 0.15) is 16.2 Å². The van der Waals surface area contributed by atoms with Gasteiger partial charge < -0.3 is 4.90 Å². The molecule has 27 heavy (non-hydrogen) atoms. The predicted molar refractivity (Wildman–Crippen MR) is 116 cm³/mol. The Balaban J connectivity index is 1.75. The Bertz CT molecular complexity index is 904. The smallest absolute Gasteiger partial charge is 0.187 e. The number of hydrogen-bond acceptors (Lipinski definition) is 5. The van der Waals surface area contributed by atoms with E-state index in [1.54, 1.807) is 22.7 Å². The van der Waals surface area contributed by atoms with E-state index in [1.165, 1.54) is 16.0 Å². The van der Waals surface area contributed by atoms with Gasteiger partial charge in [0.1, 0.15) is 0 Å². The number of thiophene rings is 2. The van der Waals surface area contributed by atoms with Gasteiger partial charge in [0.15, 0.2) is 5.78 Å². The Morgan fingerprint density at radius 3 is 2.11 bits per heavy atom. The summed E-state index contributed by atoms with van der Waals surface area (Å²) < 4.78 is 0. The van der Waals surface area contributed by atoms with Crippen LogP contribution in [0.3, 0.4) is 0 Å². The van der Waals surface area contributed by atoms with Gasteiger partial charge in [0.2, 0.25) is 0 Å². The molecule has 0 N–H and O–H groups in total. The number of likely N-dealkylation sites (tertiary alicyclic amines) is 2. The topological polar surface area (TPSA) is 23.6 Å². The first-order valence-electron chi connectivity index (χ1n) is 9.22. The predicted octanol–water partition coefficient (Wildman–Crippen LogP) is 4.42. The van der Waals surface area contributed by atoms with Crippen molar-refractivity contribution >= 4 is 40.6 Å². The van der Waals surface area contributed by atoms with Gasteiger partial charge in [-0.25, -0.2) is 0 Å². The Kier molecular flexibility index (Phi) is 5.55. The van der Waals surface area contributed by atoms with Crippen LogP contribution in [0.15, 0.2) is 57.3 Å². The fourth-order valence-corrected chi connectivity index (χ4v) is 5.16. The van der Waals surface area contributed by atoms with Crippen LogP contribution < -0.4 is 0 Å². The zero-order valence-corrected chi connectivity index (χ0v) is 17.4. The Morgan fingerprint density at radius 2 is 1.48 bits per heavy atom. The number of carbonyl (C=O) groups excluding carboxylic acids is 1. The van der Waals surface area contributed by atoms with E-state index < -0.39 is 0 Å². The van der Waals surface area contributed by atoms with Crippen molar-refractivity contribution in [2.24, 2.45) is 0 Å². The lowest BCUT2D eigenvalue weighted by Gasteiger charge is -2.33. The summed E-state index contributed by atoms with van der Waals surface area (Å²) in [5.74, 6) is 0.234. The van der Waals surface area contributed by atoms with Crippen LogP contribution in [0.2, 0.25) is 0 Å². The molecule has 2 aliphatic rings. The third kappa shape index (κ3) is 4.22. The average molecular weight is 397 g/mol. The summed E-state index contributed by atoms with van der Waals surface area (Å²) in [4.78, 5) is 20.3. The molecule has 0 saturated carbocycles. The number of carbonyl (C=O) groups is 1. The average Bonchev–Trinajstić information content (AvgIpc) is 3.32. The van der Waals surface area contributed by atoms with Crippen molar-refractivity contribution in [3.8, 4) is 0 Å². The van der Waals surface area contributed by atoms with E-state index in [0.29, 0.717) is 0 Å². The normalized spacial score (nSPS) is 25.6. The van der Waals surface area contributed by atoms with E-state index >= 15 is 0 Å². The van der Waals surface area contributed by atoms with Gasteiger partial charge in [0.05, 0.1) is 0 Å². The Hall–Kier alpha value is -1.79. The molecule has 0 aliphatic carbocycles. The molecule has 2 aromatic heterocycles. The second-order valence-corrected chi connectivity index (χ2v) is 9.27. The second-order valence-electron chi connectivity index (χ2n) is 7.32. The minimum Gasteiger partial charge on any atom is -0.302 e. The highest BCUT2D eigenvalue weighted by molar-refractivity contribution is 7.11. The number of Topliss-reactive ketones (excluding diaryl/α,β-unsaturated/α-hetero) is 1. The van der Waals surface area contributed by atoms with Crippen molar-refractivity contribution < 1.29 is 4.79 Å². The summed E-state index contributed by atoms with van der Waals surface area (Å²) in [5.41, 5.74) is 4.45. The number of hydrogen-bond donors (Lipinski definition) is 0. The fraction of sp³-hybridized carbons (Fsp3) is 0.318. The van der Waals surface area contributed by atoms with E-state index in [0.717, 1.165) is 48.6 Å². The van der Waals surface area contributed by atoms with Crippen LogP contribution >= 0.6 is 22.7 Å². The van der Waals surface area contributed by atoms with Crippen molar-refractivity contribution in [1.82, 2.24) is 9.80 Å². The number of nitrogens with zero attached hydrogens (tertiary/aromatic N) is 2. The molecule has 2 aromatic rings. The summed E-state index contributed by atoms with van der Waals surface area (Å²) >= 11 is 3.43. The Morgan fingerprint density at radius 1 is 0.852 bits per heavy atom. The van der Waals surface area contributed by atoms with E-state index in [2.05, 4.69) is 65.0 Å². The van der Waals surface area contributed by atoms with E-state index in [-0.39, 0.29) is 5.78 Å². The molecule has 3 nitrogen and oxygen atoms in total. The van der Waals surface area contributed by atoms with Crippen molar-refractivity contribution in [3.63, 3.8) is 0 Å². The van der Waals surface area contributed by atoms with Crippen molar-refractivity contribution in [2.45, 2.75) is 6.42 Å². The molecule has 0 aromatic carbocycles. The number of piperidine rings is 2. The summed E-state index contributed by atoms with van der Waals surface area (Å²) in [6.45, 7) is 3.36. The molecular formula is C22H24N2OS2. The molecule has 2 saturated heterocycles. The van der Waals surface area contributed by atoms with Gasteiger partial charge in [-0.05, 0) is 66.7 Å². The Labute approximate surface area is 168 Å². The molecule has 0 amide bonds. The number of rotatable bonds is 2. The molecular weight excluding hydrogens is 372 g/mol. The van der Waals surface area contributed by atoms with Gasteiger partial charge in [-0.3, -0.25) is 9.69 Å². The number of likely N-dealkylation sites (N-methyl/N-ethyl adjacent to an activating group) is 2. The highest BCUT2D eigenvalue weighted by atomic mass is 32.1. The van der Waals surface area contributed by atoms with Gasteiger partial charge in [0, 0.05) is 47.1 Å². The van der Waals surface area contributed by atoms with Crippen molar-refractivity contribution in [2.75, 3.05) is 40.3 Å². The lowest BCUT2D eigenvalue weighted by atomic mass is 9.86. The molecule has 2 fully saturated rings. The zero-order chi connectivity index (χ0) is 18.8. The first-order chi connectivity index (χ1) is 13.1. The SMILES string of the molecule is CN1CCC(=C2/CN(C)C/C(=C\c3cccs3)C2=O)/C(=C/c2cccs2)C1. The minimum atomic E-state index is 0.234. The summed E-state index contributed by atoms with van der Waals surface area (Å²) in [6.07, 6.45) is 5.28. The lowest BCUT2D eigenvalue weighted by Crippen LogP contribution is -2.37. The maximum atomic E-state index is 13.3. The summed E-state index contributed by atoms with van der Waals surface area (Å²) in [7, 11) is 4.26. The maximum Gasteiger partial charge on any atom is 0.187 e. The monoisotopic (exact) mass is 396 g/mol. The summed E-state index contributed by atoms with van der Waals surface area (Å²) in [5, 5.41) is 4.16. The van der Waals surface area contributed by atoms with Gasteiger partial charge in [-0.1, -0.05) is 12.1 Å². The molecule has 140 valence electrons. The molecule has 4 rings (SSSR count). The van der Waals surface area contributed by atoms with E-state index in [1.807, 2.05) is 6.07 Å². The van der Waals surface area contributed by atoms with E-state index in [4.69, 9.17) is 0 Å². The van der Waals surface area contributed by atoms with Crippen LogP contribution in [0.5, 0.6) is 0 Å². The molecule has 0 radical (unpaired) electrons. The van der Waals surface area contributed by atoms with Gasteiger partial charge in [0.25, 0.3) is 0 Å².